The molecule has 224 valence electrons. The number of aryl methyl sites for hydroxylation is 1. The maximum atomic E-state index is 13.5. The van der Waals surface area contributed by atoms with Crippen molar-refractivity contribution < 1.29 is 35.9 Å². The van der Waals surface area contributed by atoms with Crippen molar-refractivity contribution in [2.24, 2.45) is 0 Å². The first-order chi connectivity index (χ1) is 19.8. The number of amides is 2. The molecule has 4 heterocycles. The summed E-state index contributed by atoms with van der Waals surface area (Å²) in [4.78, 5) is 36.7. The van der Waals surface area contributed by atoms with Gasteiger partial charge in [0.15, 0.2) is 5.13 Å². The summed E-state index contributed by atoms with van der Waals surface area (Å²) in [6, 6.07) is 5.86. The maximum Gasteiger partial charge on any atom is 0.408 e. The number of thiazole rings is 1. The lowest BCUT2D eigenvalue weighted by Gasteiger charge is -2.26. The van der Waals surface area contributed by atoms with Crippen LogP contribution in [0.25, 0.3) is 10.4 Å². The second-order valence-corrected chi connectivity index (χ2v) is 12.4. The number of rotatable bonds is 8. The van der Waals surface area contributed by atoms with Gasteiger partial charge in [0.25, 0.3) is 11.8 Å². The van der Waals surface area contributed by atoms with Crippen molar-refractivity contribution in [2.75, 3.05) is 36.5 Å². The Morgan fingerprint density at radius 2 is 1.95 bits per heavy atom. The molecule has 2 amide bonds. The van der Waals surface area contributed by atoms with E-state index in [0.29, 0.717) is 51.0 Å². The monoisotopic (exact) mass is 624 g/mol. The number of fused-ring (bicyclic) bond motifs is 1. The Hall–Kier alpha value is -3.60. The zero-order valence-electron chi connectivity index (χ0n) is 22.8. The van der Waals surface area contributed by atoms with Crippen molar-refractivity contribution in [1.29, 1.82) is 0 Å². The highest BCUT2D eigenvalue weighted by Crippen LogP contribution is 2.41. The minimum atomic E-state index is -4.68. The van der Waals surface area contributed by atoms with Crippen molar-refractivity contribution in [1.82, 2.24) is 19.6 Å². The smallest absolute Gasteiger partial charge is 0.370 e. The molecule has 0 spiro atoms. The van der Waals surface area contributed by atoms with Crippen molar-refractivity contribution in [2.45, 2.75) is 44.4 Å². The van der Waals surface area contributed by atoms with Crippen LogP contribution in [-0.2, 0) is 26.1 Å². The quantitative estimate of drug-likeness (QED) is 0.387. The molecule has 2 aliphatic rings. The van der Waals surface area contributed by atoms with E-state index < -0.39 is 34.7 Å². The minimum Gasteiger partial charge on any atom is -0.370 e. The fourth-order valence-corrected chi connectivity index (χ4v) is 7.04. The van der Waals surface area contributed by atoms with Gasteiger partial charge < -0.3 is 15.0 Å². The number of nitrogens with one attached hydrogen (secondary N) is 2. The number of sulfonamides is 1. The van der Waals surface area contributed by atoms with Gasteiger partial charge in [-0.1, -0.05) is 24.3 Å². The molecule has 11 nitrogen and oxygen atoms in total. The maximum absolute atomic E-state index is 13.5. The summed E-state index contributed by atoms with van der Waals surface area (Å²) in [6.45, 7) is 4.50. The first kappa shape index (κ1) is 29.9. The Labute approximate surface area is 243 Å². The summed E-state index contributed by atoms with van der Waals surface area (Å²) in [6.07, 6.45) is -4.68. The molecule has 1 unspecified atom stereocenters. The number of morpholine rings is 1. The molecule has 5 rings (SSSR count). The Morgan fingerprint density at radius 1 is 1.19 bits per heavy atom. The lowest BCUT2D eigenvalue weighted by Crippen LogP contribution is -2.43. The number of hydrogen-bond acceptors (Lipinski definition) is 9. The normalized spacial score (nSPS) is 16.6. The van der Waals surface area contributed by atoms with Gasteiger partial charge >= 0.3 is 6.18 Å². The van der Waals surface area contributed by atoms with Crippen LogP contribution in [0.3, 0.4) is 0 Å². The van der Waals surface area contributed by atoms with E-state index in [1.54, 1.807) is 32.0 Å². The van der Waals surface area contributed by atoms with Crippen molar-refractivity contribution in [3.05, 3.63) is 47.2 Å². The molecule has 16 heteroatoms. The third kappa shape index (κ3) is 5.71. The molecule has 0 aliphatic carbocycles. The molecule has 2 aliphatic heterocycles. The van der Waals surface area contributed by atoms with E-state index in [1.165, 1.54) is 28.4 Å². The molecule has 3 aromatic rings. The number of halogens is 3. The van der Waals surface area contributed by atoms with Crippen LogP contribution in [0.15, 0.2) is 35.2 Å². The molecule has 42 heavy (non-hydrogen) atoms. The SMILES string of the molecule is CCNS(=O)(=O)c1cc(-c2sc(Nc3cccc(N4CCOCC4=O)n3)nc2C)cc2c1C(=O)N(C(C)C(F)(F)F)C2. The summed E-state index contributed by atoms with van der Waals surface area (Å²) in [5.74, 6) is -0.342. The van der Waals surface area contributed by atoms with Crippen LogP contribution >= 0.6 is 11.3 Å². The zero-order valence-corrected chi connectivity index (χ0v) is 24.4. The van der Waals surface area contributed by atoms with Crippen LogP contribution in [-0.4, -0.2) is 73.6 Å². The average Bonchev–Trinajstić information content (AvgIpc) is 3.46. The van der Waals surface area contributed by atoms with E-state index in [1.807, 2.05) is 0 Å². The fraction of sp³-hybridized carbons (Fsp3) is 0.385. The zero-order chi connectivity index (χ0) is 30.4. The van der Waals surface area contributed by atoms with E-state index in [0.717, 1.165) is 6.92 Å². The van der Waals surface area contributed by atoms with Gasteiger partial charge in [-0.2, -0.15) is 13.2 Å². The molecule has 1 aromatic carbocycles. The van der Waals surface area contributed by atoms with E-state index >= 15 is 0 Å². The second-order valence-electron chi connectivity index (χ2n) is 9.70. The molecule has 0 bridgehead atoms. The second kappa shape index (κ2) is 11.2. The van der Waals surface area contributed by atoms with Crippen molar-refractivity contribution in [3.8, 4) is 10.4 Å². The Morgan fingerprint density at radius 3 is 2.64 bits per heavy atom. The number of pyridine rings is 1. The Kier molecular flexibility index (Phi) is 8.00. The molecule has 1 fully saturated rings. The predicted octanol–water partition coefficient (Wildman–Crippen LogP) is 3.83. The summed E-state index contributed by atoms with van der Waals surface area (Å²) in [5.41, 5.74) is 0.828. The van der Waals surface area contributed by atoms with Gasteiger partial charge in [-0.3, -0.25) is 14.5 Å². The van der Waals surface area contributed by atoms with Gasteiger partial charge in [-0.25, -0.2) is 23.1 Å². The van der Waals surface area contributed by atoms with Gasteiger partial charge in [0.05, 0.1) is 34.2 Å². The number of benzene rings is 1. The largest absolute Gasteiger partial charge is 0.408 e. The Balaban J connectivity index is 1.50. The fourth-order valence-electron chi connectivity index (χ4n) is 4.77. The molecular weight excluding hydrogens is 597 g/mol. The van der Waals surface area contributed by atoms with Crippen LogP contribution in [0.2, 0.25) is 0 Å². The lowest BCUT2D eigenvalue weighted by atomic mass is 10.0. The van der Waals surface area contributed by atoms with Crippen LogP contribution in [0, 0.1) is 6.92 Å². The van der Waals surface area contributed by atoms with Gasteiger partial charge in [-0.15, -0.1) is 0 Å². The number of anilines is 3. The van der Waals surface area contributed by atoms with Crippen LogP contribution in [0.5, 0.6) is 0 Å². The highest BCUT2D eigenvalue weighted by Gasteiger charge is 2.46. The van der Waals surface area contributed by atoms with E-state index in [9.17, 15) is 31.2 Å². The standard InChI is InChI=1S/C26H27F3N6O5S2/c1-4-30-42(38,39)18-11-16(10-17-12-35(24(37)22(17)18)15(3)26(27,28)29)23-14(2)31-25(41-23)33-19-6-5-7-20(32-19)34-8-9-40-13-21(34)36/h5-7,10-11,15,30H,4,8-9,12-13H2,1-3H3,(H,31,32,33). The van der Waals surface area contributed by atoms with Crippen LogP contribution in [0.1, 0.15) is 35.5 Å². The van der Waals surface area contributed by atoms with Crippen molar-refractivity contribution >= 4 is 49.9 Å². The Bertz CT molecular complexity index is 1660. The minimum absolute atomic E-state index is 0.0218. The lowest BCUT2D eigenvalue weighted by molar-refractivity contribution is -0.172. The predicted molar refractivity (Wildman–Crippen MR) is 149 cm³/mol. The first-order valence-electron chi connectivity index (χ1n) is 12.9. The molecule has 2 aromatic heterocycles. The number of aromatic nitrogens is 2. The number of carbonyl (C=O) groups excluding carboxylic acids is 2. The number of ether oxygens (including phenoxy) is 1. The number of nitrogens with zero attached hydrogens (tertiary/aromatic N) is 4. The van der Waals surface area contributed by atoms with E-state index in [2.05, 4.69) is 20.0 Å². The number of hydrogen-bond donors (Lipinski definition) is 2. The highest BCUT2D eigenvalue weighted by molar-refractivity contribution is 7.89. The van der Waals surface area contributed by atoms with Crippen LogP contribution < -0.4 is 14.9 Å². The van der Waals surface area contributed by atoms with Gasteiger partial charge in [0.1, 0.15) is 24.3 Å². The molecule has 1 atom stereocenters. The molecule has 0 radical (unpaired) electrons. The summed E-state index contributed by atoms with van der Waals surface area (Å²) >= 11 is 1.18. The average molecular weight is 625 g/mol. The highest BCUT2D eigenvalue weighted by atomic mass is 32.2. The molecular formula is C26H27F3N6O5S2. The molecule has 1 saturated heterocycles. The van der Waals surface area contributed by atoms with Gasteiger partial charge in [0, 0.05) is 13.1 Å². The summed E-state index contributed by atoms with van der Waals surface area (Å²) in [5, 5.41) is 3.52. The van der Waals surface area contributed by atoms with E-state index in [-0.39, 0.29) is 35.1 Å². The van der Waals surface area contributed by atoms with Crippen LogP contribution in [0.4, 0.5) is 29.9 Å². The van der Waals surface area contributed by atoms with Gasteiger partial charge in [0.2, 0.25) is 10.0 Å². The topological polar surface area (TPSA) is 134 Å². The van der Waals surface area contributed by atoms with E-state index in [4.69, 9.17) is 4.74 Å². The first-order valence-corrected chi connectivity index (χ1v) is 15.2. The summed E-state index contributed by atoms with van der Waals surface area (Å²) in [7, 11) is -4.22. The number of alkyl halides is 3. The number of carbonyl (C=O) groups is 2. The van der Waals surface area contributed by atoms with Gasteiger partial charge in [-0.05, 0) is 49.2 Å². The third-order valence-corrected chi connectivity index (χ3v) is 9.55. The third-order valence-electron chi connectivity index (χ3n) is 6.85. The molecule has 0 saturated carbocycles. The molecule has 2 N–H and O–H groups in total. The summed E-state index contributed by atoms with van der Waals surface area (Å²) < 4.78 is 74.3. The van der Waals surface area contributed by atoms with Crippen molar-refractivity contribution in [3.63, 3.8) is 0 Å².